The molecule has 31 heavy (non-hydrogen) atoms. The number of fused-ring (bicyclic) bond motifs is 1. The van der Waals surface area contributed by atoms with E-state index in [4.69, 9.17) is 0 Å². The molecule has 1 N–H and O–H groups in total. The van der Waals surface area contributed by atoms with Gasteiger partial charge in [0.2, 0.25) is 0 Å². The van der Waals surface area contributed by atoms with Crippen LogP contribution >= 0.6 is 0 Å². The summed E-state index contributed by atoms with van der Waals surface area (Å²) in [5, 5.41) is 12.0. The molecular formula is C26H37NO3S. The zero-order chi connectivity index (χ0) is 22.6. The van der Waals surface area contributed by atoms with E-state index in [9.17, 15) is 13.5 Å². The average Bonchev–Trinajstić information content (AvgIpc) is 2.82. The molecule has 0 unspecified atom stereocenters. The zero-order valence-corrected chi connectivity index (χ0v) is 20.2. The molecule has 3 rings (SSSR count). The number of aliphatic hydroxyl groups is 1. The summed E-state index contributed by atoms with van der Waals surface area (Å²) in [5.74, 6) is -0.360. The van der Waals surface area contributed by atoms with Crippen molar-refractivity contribution in [2.24, 2.45) is 5.41 Å². The lowest BCUT2D eigenvalue weighted by atomic mass is 9.68. The number of benzene rings is 2. The van der Waals surface area contributed by atoms with Gasteiger partial charge in [0.15, 0.2) is 9.84 Å². The highest BCUT2D eigenvalue weighted by Gasteiger charge is 2.49. The topological polar surface area (TPSA) is 57.6 Å². The Morgan fingerprint density at radius 3 is 2.16 bits per heavy atom. The van der Waals surface area contributed by atoms with Crippen molar-refractivity contribution in [3.8, 4) is 0 Å². The Kier molecular flexibility index (Phi) is 7.48. The molecule has 5 heteroatoms. The maximum atomic E-state index is 13.7. The van der Waals surface area contributed by atoms with Crippen LogP contribution in [0.3, 0.4) is 0 Å². The van der Waals surface area contributed by atoms with Crippen molar-refractivity contribution in [1.29, 1.82) is 0 Å². The number of anilines is 1. The molecule has 1 heterocycles. The van der Waals surface area contributed by atoms with Crippen molar-refractivity contribution >= 4 is 15.5 Å². The quantitative estimate of drug-likeness (QED) is 0.593. The Bertz CT molecular complexity index is 961. The molecule has 2 aromatic carbocycles. The molecule has 1 aliphatic rings. The molecule has 170 valence electrons. The second-order valence-corrected chi connectivity index (χ2v) is 11.2. The van der Waals surface area contributed by atoms with Crippen LogP contribution in [-0.2, 0) is 9.84 Å². The highest BCUT2D eigenvalue weighted by Crippen LogP contribution is 2.50. The van der Waals surface area contributed by atoms with Crippen LogP contribution in [0.5, 0.6) is 0 Å². The summed E-state index contributed by atoms with van der Waals surface area (Å²) in [5.41, 5.74) is 1.99. The first-order chi connectivity index (χ1) is 14.8. The van der Waals surface area contributed by atoms with Gasteiger partial charge in [-0.1, -0.05) is 69.9 Å². The largest absolute Gasteiger partial charge is 0.392 e. The molecule has 0 saturated carbocycles. The predicted octanol–water partition coefficient (Wildman–Crippen LogP) is 5.40. The number of sulfone groups is 1. The highest BCUT2D eigenvalue weighted by atomic mass is 32.2. The number of hydrogen-bond acceptors (Lipinski definition) is 4. The fourth-order valence-electron chi connectivity index (χ4n) is 5.05. The summed E-state index contributed by atoms with van der Waals surface area (Å²) in [7, 11) is 0.362. The minimum absolute atomic E-state index is 0.0127. The molecule has 0 saturated heterocycles. The van der Waals surface area contributed by atoms with Crippen molar-refractivity contribution in [2.45, 2.75) is 69.3 Å². The normalized spacial score (nSPS) is 21.8. The summed E-state index contributed by atoms with van der Waals surface area (Å²) < 4.78 is 27.4. The van der Waals surface area contributed by atoms with Crippen LogP contribution in [0.2, 0.25) is 0 Å². The fraction of sp³-hybridized carbons (Fsp3) is 0.538. The number of nitrogens with zero attached hydrogens (tertiary/aromatic N) is 1. The van der Waals surface area contributed by atoms with Crippen LogP contribution in [0, 0.1) is 5.41 Å². The van der Waals surface area contributed by atoms with Gasteiger partial charge in [0.05, 0.1) is 16.8 Å². The average molecular weight is 444 g/mol. The fourth-order valence-corrected chi connectivity index (χ4v) is 7.24. The van der Waals surface area contributed by atoms with Gasteiger partial charge in [-0.15, -0.1) is 0 Å². The van der Waals surface area contributed by atoms with Crippen LogP contribution in [-0.4, -0.2) is 39.5 Å². The van der Waals surface area contributed by atoms with Crippen molar-refractivity contribution < 1.29 is 13.5 Å². The number of rotatable bonds is 8. The van der Waals surface area contributed by atoms with E-state index < -0.39 is 21.4 Å². The van der Waals surface area contributed by atoms with E-state index in [1.807, 2.05) is 61.5 Å². The molecule has 0 amide bonds. The van der Waals surface area contributed by atoms with Gasteiger partial charge in [-0.3, -0.25) is 0 Å². The minimum atomic E-state index is -3.54. The molecule has 1 aliphatic heterocycles. The molecule has 0 fully saturated rings. The third-order valence-electron chi connectivity index (χ3n) is 6.82. The Balaban J connectivity index is 2.29. The van der Waals surface area contributed by atoms with Crippen molar-refractivity contribution in [3.05, 3.63) is 59.7 Å². The predicted molar refractivity (Wildman–Crippen MR) is 129 cm³/mol. The summed E-state index contributed by atoms with van der Waals surface area (Å²) in [4.78, 5) is 2.36. The summed E-state index contributed by atoms with van der Waals surface area (Å²) in [6.07, 6.45) is 4.47. The second-order valence-electron chi connectivity index (χ2n) is 9.28. The van der Waals surface area contributed by atoms with Gasteiger partial charge in [-0.2, -0.15) is 0 Å². The maximum Gasteiger partial charge on any atom is 0.179 e. The van der Waals surface area contributed by atoms with E-state index in [0.29, 0.717) is 4.90 Å². The van der Waals surface area contributed by atoms with Crippen LogP contribution in [0.4, 0.5) is 5.69 Å². The van der Waals surface area contributed by atoms with Gasteiger partial charge in [0, 0.05) is 31.1 Å². The van der Waals surface area contributed by atoms with Gasteiger partial charge in [-0.25, -0.2) is 8.42 Å². The first kappa shape index (κ1) is 23.8. The molecule has 0 spiro atoms. The third kappa shape index (κ3) is 4.83. The molecule has 2 atom stereocenters. The van der Waals surface area contributed by atoms with Crippen molar-refractivity contribution in [3.63, 3.8) is 0 Å². The molecule has 0 bridgehead atoms. The lowest BCUT2D eigenvalue weighted by Gasteiger charge is -2.40. The SMILES string of the molecule is CCCCC1(CCCC)CS(=O)(=O)c2ccc(N(C)C)cc2[C@@H](c2ccccc2)[C@H]1O. The van der Waals surface area contributed by atoms with E-state index in [1.165, 1.54) is 0 Å². The summed E-state index contributed by atoms with van der Waals surface area (Å²) in [6, 6.07) is 15.5. The number of hydrogen-bond donors (Lipinski definition) is 1. The molecule has 0 aliphatic carbocycles. The lowest BCUT2D eigenvalue weighted by Crippen LogP contribution is -2.43. The van der Waals surface area contributed by atoms with E-state index in [1.54, 1.807) is 6.07 Å². The van der Waals surface area contributed by atoms with Gasteiger partial charge >= 0.3 is 0 Å². The number of aliphatic hydroxyl groups excluding tert-OH is 1. The Morgan fingerprint density at radius 2 is 1.61 bits per heavy atom. The first-order valence-corrected chi connectivity index (χ1v) is 13.2. The Morgan fingerprint density at radius 1 is 1.00 bits per heavy atom. The van der Waals surface area contributed by atoms with E-state index in [-0.39, 0.29) is 11.7 Å². The molecule has 0 aromatic heterocycles. The Hall–Kier alpha value is -1.85. The van der Waals surface area contributed by atoms with E-state index >= 15 is 0 Å². The van der Waals surface area contributed by atoms with Crippen molar-refractivity contribution in [1.82, 2.24) is 0 Å². The smallest absolute Gasteiger partial charge is 0.179 e. The van der Waals surface area contributed by atoms with Gasteiger partial charge in [0.1, 0.15) is 0 Å². The summed E-state index contributed by atoms with van der Waals surface area (Å²) >= 11 is 0. The van der Waals surface area contributed by atoms with Crippen LogP contribution in [0.1, 0.15) is 69.4 Å². The van der Waals surface area contributed by atoms with Crippen LogP contribution in [0.25, 0.3) is 0 Å². The minimum Gasteiger partial charge on any atom is -0.392 e. The van der Waals surface area contributed by atoms with Crippen molar-refractivity contribution in [2.75, 3.05) is 24.7 Å². The highest BCUT2D eigenvalue weighted by molar-refractivity contribution is 7.91. The number of unbranched alkanes of at least 4 members (excludes halogenated alkanes) is 2. The maximum absolute atomic E-state index is 13.7. The monoisotopic (exact) mass is 443 g/mol. The van der Waals surface area contributed by atoms with Gasteiger partial charge in [-0.05, 0) is 42.2 Å². The molecular weight excluding hydrogens is 406 g/mol. The summed E-state index contributed by atoms with van der Waals surface area (Å²) in [6.45, 7) is 4.25. The molecule has 4 nitrogen and oxygen atoms in total. The Labute approximate surface area is 188 Å². The lowest BCUT2D eigenvalue weighted by molar-refractivity contribution is 0.0127. The molecule has 0 radical (unpaired) electrons. The molecule has 2 aromatic rings. The zero-order valence-electron chi connectivity index (χ0n) is 19.3. The van der Waals surface area contributed by atoms with Crippen LogP contribution in [0.15, 0.2) is 53.4 Å². The van der Waals surface area contributed by atoms with Crippen LogP contribution < -0.4 is 4.90 Å². The van der Waals surface area contributed by atoms with Gasteiger partial charge < -0.3 is 10.0 Å². The third-order valence-corrected chi connectivity index (χ3v) is 8.81. The standard InChI is InChI=1S/C26H37NO3S/c1-5-7-16-26(17-8-6-2)19-31(29,30)23-15-14-21(27(3)4)18-22(23)24(25(26)28)20-12-10-9-11-13-20/h9-15,18,24-25,28H,5-8,16-17,19H2,1-4H3/t24-,25-/m1/s1. The first-order valence-electron chi connectivity index (χ1n) is 11.5. The second kappa shape index (κ2) is 9.74. The van der Waals surface area contributed by atoms with E-state index in [0.717, 1.165) is 55.3 Å². The van der Waals surface area contributed by atoms with E-state index in [2.05, 4.69) is 13.8 Å². The van der Waals surface area contributed by atoms with Gasteiger partial charge in [0.25, 0.3) is 0 Å².